The van der Waals surface area contributed by atoms with E-state index in [-0.39, 0.29) is 5.91 Å². The van der Waals surface area contributed by atoms with Crippen molar-refractivity contribution in [3.8, 4) is 0 Å². The lowest BCUT2D eigenvalue weighted by molar-refractivity contribution is -0.158. The summed E-state index contributed by atoms with van der Waals surface area (Å²) < 4.78 is 27.7. The summed E-state index contributed by atoms with van der Waals surface area (Å²) in [5.74, 6) is -1.09. The van der Waals surface area contributed by atoms with Gasteiger partial charge < -0.3 is 9.64 Å². The molecule has 0 spiro atoms. The molecule has 0 aromatic carbocycles. The number of esters is 1. The van der Waals surface area contributed by atoms with Crippen LogP contribution in [0.3, 0.4) is 0 Å². The molecule has 2 fully saturated rings. The van der Waals surface area contributed by atoms with Gasteiger partial charge in [-0.25, -0.2) is 13.2 Å². The highest BCUT2D eigenvalue weighted by Crippen LogP contribution is 2.48. The van der Waals surface area contributed by atoms with Crippen molar-refractivity contribution in [2.24, 2.45) is 0 Å². The summed E-state index contributed by atoms with van der Waals surface area (Å²) in [6.07, 6.45) is 0. The van der Waals surface area contributed by atoms with E-state index in [4.69, 9.17) is 0 Å². The molecule has 0 radical (unpaired) electrons. The van der Waals surface area contributed by atoms with Crippen LogP contribution in [0.4, 0.5) is 0 Å². The van der Waals surface area contributed by atoms with Crippen LogP contribution in [0.5, 0.6) is 0 Å². The predicted molar refractivity (Wildman–Crippen MR) is 62.2 cm³/mol. The fourth-order valence-electron chi connectivity index (χ4n) is 2.34. The van der Waals surface area contributed by atoms with Crippen LogP contribution >= 0.6 is 15.9 Å². The Morgan fingerprint density at radius 1 is 1.47 bits per heavy atom. The Kier molecular flexibility index (Phi) is 2.59. The lowest BCUT2D eigenvalue weighted by Crippen LogP contribution is -2.64. The molecule has 2 heterocycles. The third kappa shape index (κ3) is 1.28. The van der Waals surface area contributed by atoms with E-state index in [9.17, 15) is 18.0 Å². The average Bonchev–Trinajstić information content (AvgIpc) is 2.40. The molecule has 96 valence electrons. The first-order valence-electron chi connectivity index (χ1n) is 4.95. The predicted octanol–water partition coefficient (Wildman–Crippen LogP) is -0.333. The minimum absolute atomic E-state index is 0.389. The summed E-state index contributed by atoms with van der Waals surface area (Å²) >= 11 is 3.04. The Hall–Kier alpha value is -0.630. The van der Waals surface area contributed by atoms with Gasteiger partial charge in [0, 0.05) is 0 Å². The van der Waals surface area contributed by atoms with E-state index < -0.39 is 36.8 Å². The summed E-state index contributed by atoms with van der Waals surface area (Å²) in [5, 5.41) is -0.964. The van der Waals surface area contributed by atoms with Gasteiger partial charge in [-0.2, -0.15) is 0 Å². The molecule has 0 N–H and O–H groups in total. The van der Waals surface area contributed by atoms with Gasteiger partial charge in [-0.15, -0.1) is 0 Å². The van der Waals surface area contributed by atoms with Gasteiger partial charge in [0.2, 0.25) is 5.91 Å². The molecule has 0 saturated carbocycles. The summed E-state index contributed by atoms with van der Waals surface area (Å²) in [6.45, 7) is 2.88. The molecular weight excluding hydrogens is 314 g/mol. The van der Waals surface area contributed by atoms with E-state index in [0.29, 0.717) is 0 Å². The third-order valence-electron chi connectivity index (χ3n) is 3.43. The molecule has 0 aromatic heterocycles. The van der Waals surface area contributed by atoms with E-state index in [2.05, 4.69) is 20.7 Å². The van der Waals surface area contributed by atoms with E-state index in [1.165, 1.54) is 21.0 Å². The fraction of sp³-hybridized carbons (Fsp3) is 0.778. The summed E-state index contributed by atoms with van der Waals surface area (Å²) in [5.41, 5.74) is 0. The van der Waals surface area contributed by atoms with Gasteiger partial charge in [-0.1, -0.05) is 15.9 Å². The number of β-lactam (4-membered cyclic amide) rings is 1. The molecule has 2 aliphatic heterocycles. The van der Waals surface area contributed by atoms with Crippen molar-refractivity contribution in [1.82, 2.24) is 4.90 Å². The molecule has 0 aliphatic carbocycles. The highest BCUT2D eigenvalue weighted by atomic mass is 79.9. The second-order valence-electron chi connectivity index (χ2n) is 4.61. The van der Waals surface area contributed by atoms with Crippen LogP contribution in [0.2, 0.25) is 0 Å². The zero-order chi connectivity index (χ0) is 13.2. The number of hydrogen-bond donors (Lipinski definition) is 0. The highest BCUT2D eigenvalue weighted by Gasteiger charge is 2.71. The number of sulfone groups is 1. The number of hydrogen-bond acceptors (Lipinski definition) is 5. The molecule has 0 bridgehead atoms. The van der Waals surface area contributed by atoms with Crippen molar-refractivity contribution in [2.45, 2.75) is 34.8 Å². The lowest BCUT2D eigenvalue weighted by atomic mass is 9.98. The van der Waals surface area contributed by atoms with Crippen molar-refractivity contribution in [3.05, 3.63) is 0 Å². The van der Waals surface area contributed by atoms with Crippen LogP contribution in [0.25, 0.3) is 0 Å². The Morgan fingerprint density at radius 2 is 2.00 bits per heavy atom. The van der Waals surface area contributed by atoms with Gasteiger partial charge in [-0.05, 0) is 13.8 Å². The third-order valence-corrected chi connectivity index (χ3v) is 7.49. The first kappa shape index (κ1) is 12.8. The molecule has 0 unspecified atom stereocenters. The number of fused-ring (bicyclic) bond motifs is 1. The van der Waals surface area contributed by atoms with Crippen LogP contribution in [0.15, 0.2) is 0 Å². The number of alkyl halides is 1. The minimum Gasteiger partial charge on any atom is -0.467 e. The van der Waals surface area contributed by atoms with Crippen molar-refractivity contribution in [2.75, 3.05) is 7.11 Å². The number of amides is 1. The number of carbonyl (C=O) groups excluding carboxylic acids is 2. The van der Waals surface area contributed by atoms with Crippen LogP contribution in [0.1, 0.15) is 13.8 Å². The van der Waals surface area contributed by atoms with E-state index in [1.807, 2.05) is 0 Å². The Bertz CT molecular complexity index is 500. The monoisotopic (exact) mass is 325 g/mol. The highest BCUT2D eigenvalue weighted by molar-refractivity contribution is 9.10. The standard InChI is InChI=1S/C9H12BrNO5S/c1-9(2)5(8(13)16-3)11-6(12)4(10)7(11)17(9,14)15/h4-5,7H,1-3H3/t4-,5-,7+/m0/s1. The normalized spacial score (nSPS) is 37.3. The largest absolute Gasteiger partial charge is 0.467 e. The number of halogens is 1. The van der Waals surface area contributed by atoms with Crippen LogP contribution in [0, 0.1) is 0 Å². The maximum atomic E-state index is 12.2. The van der Waals surface area contributed by atoms with Crippen molar-refractivity contribution in [3.63, 3.8) is 0 Å². The van der Waals surface area contributed by atoms with Crippen LogP contribution in [-0.4, -0.2) is 53.3 Å². The summed E-state index contributed by atoms with van der Waals surface area (Å²) in [6, 6.07) is -1.07. The zero-order valence-corrected chi connectivity index (χ0v) is 11.9. The Morgan fingerprint density at radius 3 is 2.47 bits per heavy atom. The summed E-state index contributed by atoms with van der Waals surface area (Å²) in [7, 11) is -2.42. The van der Waals surface area contributed by atoms with Gasteiger partial charge in [0.05, 0.1) is 7.11 Å². The lowest BCUT2D eigenvalue weighted by Gasteiger charge is -2.39. The smallest absolute Gasteiger partial charge is 0.330 e. The fourth-order valence-corrected chi connectivity index (χ4v) is 5.78. The second-order valence-corrected chi connectivity index (χ2v) is 8.22. The molecule has 3 atom stereocenters. The maximum absolute atomic E-state index is 12.2. The molecule has 1 amide bonds. The zero-order valence-electron chi connectivity index (χ0n) is 9.51. The van der Waals surface area contributed by atoms with Crippen LogP contribution < -0.4 is 0 Å². The maximum Gasteiger partial charge on any atom is 0.330 e. The molecule has 0 aromatic rings. The number of ether oxygens (including phenoxy) is 1. The summed E-state index contributed by atoms with van der Waals surface area (Å²) in [4.78, 5) is 23.7. The van der Waals surface area contributed by atoms with E-state index >= 15 is 0 Å². The van der Waals surface area contributed by atoms with Gasteiger partial charge in [0.25, 0.3) is 0 Å². The SMILES string of the molecule is COC(=O)[C@@H]1N2C(=O)[C@H](Br)[C@H]2S(=O)(=O)C1(C)C. The minimum atomic E-state index is -3.59. The van der Waals surface area contributed by atoms with Gasteiger partial charge >= 0.3 is 5.97 Å². The van der Waals surface area contributed by atoms with Crippen LogP contribution in [-0.2, 0) is 24.2 Å². The molecule has 2 saturated heterocycles. The number of rotatable bonds is 1. The molecular formula is C9H12BrNO5S. The molecule has 17 heavy (non-hydrogen) atoms. The Balaban J connectivity index is 2.55. The number of nitrogens with zero attached hydrogens (tertiary/aromatic N) is 1. The first-order valence-corrected chi connectivity index (χ1v) is 7.41. The van der Waals surface area contributed by atoms with E-state index in [1.54, 1.807) is 0 Å². The molecule has 8 heteroatoms. The molecule has 2 aliphatic rings. The Labute approximate surface area is 107 Å². The quantitative estimate of drug-likeness (QED) is 0.374. The number of methoxy groups -OCH3 is 1. The average molecular weight is 326 g/mol. The topological polar surface area (TPSA) is 80.8 Å². The number of carbonyl (C=O) groups is 2. The van der Waals surface area contributed by atoms with Gasteiger partial charge in [0.1, 0.15) is 15.6 Å². The van der Waals surface area contributed by atoms with Gasteiger partial charge in [0.15, 0.2) is 15.2 Å². The first-order chi connectivity index (χ1) is 7.67. The molecule has 6 nitrogen and oxygen atoms in total. The van der Waals surface area contributed by atoms with Crippen molar-refractivity contribution < 1.29 is 22.7 Å². The second kappa shape index (κ2) is 3.44. The molecule has 2 rings (SSSR count). The van der Waals surface area contributed by atoms with E-state index in [0.717, 1.165) is 4.90 Å². The van der Waals surface area contributed by atoms with Crippen molar-refractivity contribution in [1.29, 1.82) is 0 Å². The van der Waals surface area contributed by atoms with Gasteiger partial charge in [-0.3, -0.25) is 4.79 Å². The van der Waals surface area contributed by atoms with Crippen molar-refractivity contribution >= 4 is 37.6 Å².